The van der Waals surface area contributed by atoms with E-state index < -0.39 is 0 Å². The minimum absolute atomic E-state index is 0.178. The van der Waals surface area contributed by atoms with Gasteiger partial charge in [0.1, 0.15) is 0 Å². The van der Waals surface area contributed by atoms with Crippen LogP contribution in [0.3, 0.4) is 0 Å². The molecule has 0 aliphatic carbocycles. The Morgan fingerprint density at radius 3 is 2.28 bits per heavy atom. The zero-order valence-electron chi connectivity index (χ0n) is 15.8. The maximum atomic E-state index is 12.5. The van der Waals surface area contributed by atoms with Crippen molar-refractivity contribution in [2.45, 2.75) is 6.92 Å². The smallest absolute Gasteiger partial charge is 0.257 e. The third-order valence-corrected chi connectivity index (χ3v) is 4.35. The number of carbonyl (C=O) groups is 2. The summed E-state index contributed by atoms with van der Waals surface area (Å²) in [5.41, 5.74) is 2.30. The van der Waals surface area contributed by atoms with Gasteiger partial charge in [0.25, 0.3) is 11.8 Å². The number of anilines is 1. The Kier molecular flexibility index (Phi) is 4.74. The van der Waals surface area contributed by atoms with E-state index in [9.17, 15) is 9.59 Å². The van der Waals surface area contributed by atoms with Crippen LogP contribution in [0.2, 0.25) is 0 Å². The van der Waals surface area contributed by atoms with E-state index in [0.29, 0.717) is 34.4 Å². The molecule has 8 nitrogen and oxygen atoms in total. The number of amides is 1. The van der Waals surface area contributed by atoms with Crippen molar-refractivity contribution in [1.82, 2.24) is 19.7 Å². The second kappa shape index (κ2) is 7.51. The molecule has 4 rings (SSSR count). The van der Waals surface area contributed by atoms with Crippen molar-refractivity contribution in [2.24, 2.45) is 7.05 Å². The van der Waals surface area contributed by atoms with Gasteiger partial charge in [-0.2, -0.15) is 4.98 Å². The molecule has 4 aromatic rings. The summed E-state index contributed by atoms with van der Waals surface area (Å²) in [6, 6.07) is 13.5. The molecule has 0 fully saturated rings. The number of benzene rings is 2. The summed E-state index contributed by atoms with van der Waals surface area (Å²) >= 11 is 0. The fourth-order valence-electron chi connectivity index (χ4n) is 2.80. The van der Waals surface area contributed by atoms with Crippen LogP contribution in [0.25, 0.3) is 11.5 Å². The average Bonchev–Trinajstić information content (AvgIpc) is 3.36. The number of nitrogens with zero attached hydrogens (tertiary/aromatic N) is 4. The molecule has 0 unspecified atom stereocenters. The van der Waals surface area contributed by atoms with Gasteiger partial charge in [-0.15, -0.1) is 0 Å². The zero-order chi connectivity index (χ0) is 20.4. The fraction of sp³-hybridized carbons (Fsp3) is 0.0952. The van der Waals surface area contributed by atoms with Crippen LogP contribution in [-0.4, -0.2) is 31.4 Å². The summed E-state index contributed by atoms with van der Waals surface area (Å²) in [5.74, 6) is 0.871. The highest BCUT2D eigenvalue weighted by Gasteiger charge is 2.14. The summed E-state index contributed by atoms with van der Waals surface area (Å²) in [6.07, 6.45) is 3.29. The molecule has 1 N–H and O–H groups in total. The molecule has 0 bridgehead atoms. The quantitative estimate of drug-likeness (QED) is 0.527. The molecule has 2 heterocycles. The second-order valence-corrected chi connectivity index (χ2v) is 6.45. The van der Waals surface area contributed by atoms with Crippen LogP contribution in [0.5, 0.6) is 0 Å². The molecule has 8 heteroatoms. The number of hydrogen-bond acceptors (Lipinski definition) is 6. The summed E-state index contributed by atoms with van der Waals surface area (Å²) in [5, 5.41) is 6.56. The van der Waals surface area contributed by atoms with Gasteiger partial charge >= 0.3 is 0 Å². The van der Waals surface area contributed by atoms with E-state index in [0.717, 1.165) is 5.56 Å². The van der Waals surface area contributed by atoms with Gasteiger partial charge in [0, 0.05) is 41.8 Å². The number of aryl methyl sites for hydroxylation is 2. The molecule has 0 aliphatic heterocycles. The van der Waals surface area contributed by atoms with Gasteiger partial charge in [0.2, 0.25) is 5.78 Å². The molecule has 0 spiro atoms. The van der Waals surface area contributed by atoms with Crippen LogP contribution in [0, 0.1) is 6.92 Å². The molecule has 0 atom stereocenters. The third kappa shape index (κ3) is 3.81. The van der Waals surface area contributed by atoms with E-state index in [-0.39, 0.29) is 11.7 Å². The van der Waals surface area contributed by atoms with Crippen molar-refractivity contribution < 1.29 is 14.1 Å². The number of nitrogens with one attached hydrogen (secondary N) is 1. The van der Waals surface area contributed by atoms with Gasteiger partial charge in [-0.05, 0) is 55.5 Å². The Labute approximate surface area is 166 Å². The Morgan fingerprint density at radius 2 is 1.69 bits per heavy atom. The first kappa shape index (κ1) is 18.3. The van der Waals surface area contributed by atoms with Crippen molar-refractivity contribution in [1.29, 1.82) is 0 Å². The first-order chi connectivity index (χ1) is 14.0. The van der Waals surface area contributed by atoms with Crippen molar-refractivity contribution in [3.8, 4) is 11.5 Å². The molecule has 0 saturated heterocycles. The lowest BCUT2D eigenvalue weighted by atomic mass is 10.1. The number of hydrogen-bond donors (Lipinski definition) is 1. The van der Waals surface area contributed by atoms with Gasteiger partial charge in [-0.1, -0.05) is 5.16 Å². The first-order valence-electron chi connectivity index (χ1n) is 8.85. The predicted octanol–water partition coefficient (Wildman–Crippen LogP) is 3.26. The van der Waals surface area contributed by atoms with Crippen LogP contribution in [0.4, 0.5) is 5.69 Å². The van der Waals surface area contributed by atoms with Crippen LogP contribution in [-0.2, 0) is 7.05 Å². The van der Waals surface area contributed by atoms with Crippen molar-refractivity contribution in [3.05, 3.63) is 83.7 Å². The normalized spacial score (nSPS) is 10.7. The van der Waals surface area contributed by atoms with E-state index in [1.165, 1.54) is 0 Å². The summed E-state index contributed by atoms with van der Waals surface area (Å²) in [6.45, 7) is 1.74. The highest BCUT2D eigenvalue weighted by atomic mass is 16.5. The minimum Gasteiger partial charge on any atom is -0.334 e. The number of aromatic nitrogens is 4. The van der Waals surface area contributed by atoms with E-state index in [1.54, 1.807) is 79.5 Å². The second-order valence-electron chi connectivity index (χ2n) is 6.45. The molecule has 2 aromatic heterocycles. The Balaban J connectivity index is 1.44. The molecular weight excluding hydrogens is 370 g/mol. The number of rotatable bonds is 5. The maximum absolute atomic E-state index is 12.5. The van der Waals surface area contributed by atoms with Crippen molar-refractivity contribution in [2.75, 3.05) is 5.32 Å². The molecule has 0 aliphatic rings. The van der Waals surface area contributed by atoms with Gasteiger partial charge in [-0.3, -0.25) is 9.59 Å². The zero-order valence-corrected chi connectivity index (χ0v) is 15.8. The number of carbonyl (C=O) groups excluding carboxylic acids is 2. The number of ketones is 1. The van der Waals surface area contributed by atoms with Crippen molar-refractivity contribution in [3.63, 3.8) is 0 Å². The molecule has 0 saturated carbocycles. The van der Waals surface area contributed by atoms with Gasteiger partial charge in [-0.25, -0.2) is 4.98 Å². The highest BCUT2D eigenvalue weighted by Crippen LogP contribution is 2.19. The first-order valence-corrected chi connectivity index (χ1v) is 8.85. The average molecular weight is 387 g/mol. The van der Waals surface area contributed by atoms with E-state index in [1.807, 2.05) is 0 Å². The topological polar surface area (TPSA) is 103 Å². The summed E-state index contributed by atoms with van der Waals surface area (Å²) in [4.78, 5) is 33.1. The summed E-state index contributed by atoms with van der Waals surface area (Å²) in [7, 11) is 1.76. The maximum Gasteiger partial charge on any atom is 0.257 e. The molecular formula is C21H17N5O3. The van der Waals surface area contributed by atoms with Crippen LogP contribution in [0.1, 0.15) is 32.4 Å². The van der Waals surface area contributed by atoms with Crippen LogP contribution < -0.4 is 5.32 Å². The fourth-order valence-corrected chi connectivity index (χ4v) is 2.80. The lowest BCUT2D eigenvalue weighted by Crippen LogP contribution is -2.12. The van der Waals surface area contributed by atoms with Crippen LogP contribution >= 0.6 is 0 Å². The summed E-state index contributed by atoms with van der Waals surface area (Å²) < 4.78 is 6.78. The van der Waals surface area contributed by atoms with Gasteiger partial charge in [0.05, 0.1) is 0 Å². The minimum atomic E-state index is -0.263. The molecule has 1 amide bonds. The Hall–Kier alpha value is -4.07. The SMILES string of the molecule is Cc1noc(-c2ccc(C(=O)Nc3ccc(C(=O)c4nccn4C)cc3)cc2)n1. The molecule has 29 heavy (non-hydrogen) atoms. The van der Waals surface area contributed by atoms with Gasteiger partial charge in [0.15, 0.2) is 11.6 Å². The molecule has 144 valence electrons. The molecule has 0 radical (unpaired) electrons. The third-order valence-electron chi connectivity index (χ3n) is 4.35. The van der Waals surface area contributed by atoms with Gasteiger partial charge < -0.3 is 14.4 Å². The van der Waals surface area contributed by atoms with E-state index in [4.69, 9.17) is 4.52 Å². The van der Waals surface area contributed by atoms with E-state index in [2.05, 4.69) is 20.4 Å². The number of imidazole rings is 1. The molecule has 2 aromatic carbocycles. The highest BCUT2D eigenvalue weighted by molar-refractivity contribution is 6.07. The Bertz CT molecular complexity index is 1170. The standard InChI is InChI=1S/C21H17N5O3/c1-13-23-21(29-25-13)16-5-3-15(4-6-16)20(28)24-17-9-7-14(8-10-17)18(27)19-22-11-12-26(19)2/h3-12H,1-2H3,(H,24,28). The lowest BCUT2D eigenvalue weighted by molar-refractivity contribution is 0.102. The van der Waals surface area contributed by atoms with E-state index >= 15 is 0 Å². The predicted molar refractivity (Wildman–Crippen MR) is 106 cm³/mol. The monoisotopic (exact) mass is 387 g/mol. The van der Waals surface area contributed by atoms with Crippen molar-refractivity contribution >= 4 is 17.4 Å². The van der Waals surface area contributed by atoms with Crippen LogP contribution in [0.15, 0.2) is 65.4 Å². The Morgan fingerprint density at radius 1 is 1.00 bits per heavy atom. The lowest BCUT2D eigenvalue weighted by Gasteiger charge is -2.07. The largest absolute Gasteiger partial charge is 0.334 e.